The van der Waals surface area contributed by atoms with Gasteiger partial charge in [0.05, 0.1) is 0 Å². The normalized spacial score (nSPS) is 18.6. The summed E-state index contributed by atoms with van der Waals surface area (Å²) in [5.74, 6) is -0.296. The third-order valence-corrected chi connectivity index (χ3v) is 3.65. The molecule has 0 spiro atoms. The number of carbonyl (C=O) groups excluding carboxylic acids is 1. The Morgan fingerprint density at radius 1 is 1.50 bits per heavy atom. The number of ether oxygens (including phenoxy) is 1. The number of amides is 1. The van der Waals surface area contributed by atoms with Crippen molar-refractivity contribution in [1.82, 2.24) is 10.3 Å². The average Bonchev–Trinajstić information content (AvgIpc) is 3.08. The predicted octanol–water partition coefficient (Wildman–Crippen LogP) is 2.14. The number of benzene rings is 1. The van der Waals surface area contributed by atoms with Crippen molar-refractivity contribution in [2.75, 3.05) is 13.2 Å². The number of aromatic nitrogens is 1. The Bertz CT molecular complexity index is 617. The van der Waals surface area contributed by atoms with E-state index in [1.807, 2.05) is 6.20 Å². The fourth-order valence-electron chi connectivity index (χ4n) is 2.58. The fourth-order valence-corrected chi connectivity index (χ4v) is 2.58. The van der Waals surface area contributed by atoms with Crippen molar-refractivity contribution in [2.45, 2.75) is 25.4 Å². The first-order valence-corrected chi connectivity index (χ1v) is 6.89. The standard InChI is InChI=1S/C15H17FN2O2/c16-11-3-4-13-12(8-11)10(9-18-13)5-6-17-15(19)14-2-1-7-20-14/h3-4,8-9,14,18H,1-2,5-7H2,(H,17,19). The smallest absolute Gasteiger partial charge is 0.249 e. The number of rotatable bonds is 4. The molecular formula is C15H17FN2O2. The first-order chi connectivity index (χ1) is 9.74. The molecule has 0 saturated carbocycles. The van der Waals surface area contributed by atoms with Crippen LogP contribution in [0.4, 0.5) is 4.39 Å². The Hall–Kier alpha value is -1.88. The van der Waals surface area contributed by atoms with Crippen molar-refractivity contribution < 1.29 is 13.9 Å². The van der Waals surface area contributed by atoms with Crippen LogP contribution in [0.5, 0.6) is 0 Å². The van der Waals surface area contributed by atoms with Gasteiger partial charge in [0.15, 0.2) is 0 Å². The minimum Gasteiger partial charge on any atom is -0.368 e. The van der Waals surface area contributed by atoms with Crippen LogP contribution in [0.3, 0.4) is 0 Å². The summed E-state index contributed by atoms with van der Waals surface area (Å²) in [6.45, 7) is 1.20. The number of H-pyrrole nitrogens is 1. The summed E-state index contributed by atoms with van der Waals surface area (Å²) in [5.41, 5.74) is 1.92. The van der Waals surface area contributed by atoms with Gasteiger partial charge in [0, 0.05) is 30.3 Å². The highest BCUT2D eigenvalue weighted by Crippen LogP contribution is 2.19. The number of fused-ring (bicyclic) bond motifs is 1. The second kappa shape index (κ2) is 5.63. The van der Waals surface area contributed by atoms with Crippen molar-refractivity contribution in [3.05, 3.63) is 35.8 Å². The molecule has 1 amide bonds. The van der Waals surface area contributed by atoms with Crippen LogP contribution in [0.1, 0.15) is 18.4 Å². The van der Waals surface area contributed by atoms with Crippen LogP contribution in [0, 0.1) is 5.82 Å². The Morgan fingerprint density at radius 2 is 2.40 bits per heavy atom. The van der Waals surface area contributed by atoms with Gasteiger partial charge in [-0.25, -0.2) is 4.39 Å². The van der Waals surface area contributed by atoms with Crippen LogP contribution in [-0.2, 0) is 16.0 Å². The Kier molecular flexibility index (Phi) is 3.69. The molecule has 1 aromatic heterocycles. The second-order valence-corrected chi connectivity index (χ2v) is 5.05. The molecule has 4 nitrogen and oxygen atoms in total. The molecule has 1 aromatic carbocycles. The van der Waals surface area contributed by atoms with Crippen LogP contribution < -0.4 is 5.32 Å². The zero-order valence-corrected chi connectivity index (χ0v) is 11.1. The van der Waals surface area contributed by atoms with Gasteiger partial charge in [-0.3, -0.25) is 4.79 Å². The molecule has 2 N–H and O–H groups in total. The van der Waals surface area contributed by atoms with Gasteiger partial charge in [0.25, 0.3) is 0 Å². The first kappa shape index (κ1) is 13.1. The third kappa shape index (κ3) is 2.67. The minimum absolute atomic E-state index is 0.0477. The number of nitrogens with one attached hydrogen (secondary N) is 2. The fraction of sp³-hybridized carbons (Fsp3) is 0.400. The molecule has 20 heavy (non-hydrogen) atoms. The number of hydrogen-bond donors (Lipinski definition) is 2. The molecule has 1 atom stereocenters. The van der Waals surface area contributed by atoms with Crippen LogP contribution in [0.25, 0.3) is 10.9 Å². The summed E-state index contributed by atoms with van der Waals surface area (Å²) in [4.78, 5) is 14.9. The van der Waals surface area contributed by atoms with Crippen molar-refractivity contribution in [2.24, 2.45) is 0 Å². The van der Waals surface area contributed by atoms with Gasteiger partial charge in [-0.2, -0.15) is 0 Å². The quantitative estimate of drug-likeness (QED) is 0.899. The van der Waals surface area contributed by atoms with Crippen molar-refractivity contribution in [1.29, 1.82) is 0 Å². The average molecular weight is 276 g/mol. The molecule has 0 aliphatic carbocycles. The summed E-state index contributed by atoms with van der Waals surface area (Å²) < 4.78 is 18.6. The summed E-state index contributed by atoms with van der Waals surface area (Å²) in [5, 5.41) is 3.74. The maximum atomic E-state index is 13.2. The molecule has 2 heterocycles. The largest absolute Gasteiger partial charge is 0.368 e. The highest BCUT2D eigenvalue weighted by atomic mass is 19.1. The first-order valence-electron chi connectivity index (χ1n) is 6.89. The van der Waals surface area contributed by atoms with Crippen LogP contribution in [0.2, 0.25) is 0 Å². The van der Waals surface area contributed by atoms with Crippen molar-refractivity contribution in [3.63, 3.8) is 0 Å². The predicted molar refractivity (Wildman–Crippen MR) is 73.9 cm³/mol. The number of hydrogen-bond acceptors (Lipinski definition) is 2. The van der Waals surface area contributed by atoms with Crippen LogP contribution in [0.15, 0.2) is 24.4 Å². The molecule has 5 heteroatoms. The van der Waals surface area contributed by atoms with Gasteiger partial charge in [-0.1, -0.05) is 0 Å². The molecule has 1 fully saturated rings. The summed E-state index contributed by atoms with van der Waals surface area (Å²) >= 11 is 0. The molecule has 0 bridgehead atoms. The van der Waals surface area contributed by atoms with E-state index in [9.17, 15) is 9.18 Å². The zero-order chi connectivity index (χ0) is 13.9. The van der Waals surface area contributed by atoms with E-state index < -0.39 is 0 Å². The minimum atomic E-state index is -0.296. The SMILES string of the molecule is O=C(NCCc1c[nH]c2ccc(F)cc12)C1CCCO1. The van der Waals surface area contributed by atoms with Gasteiger partial charge in [0.1, 0.15) is 11.9 Å². The Balaban J connectivity index is 1.59. The maximum absolute atomic E-state index is 13.2. The molecule has 0 radical (unpaired) electrons. The van der Waals surface area contributed by atoms with Gasteiger partial charge in [-0.05, 0) is 43.0 Å². The van der Waals surface area contributed by atoms with Gasteiger partial charge < -0.3 is 15.0 Å². The van der Waals surface area contributed by atoms with Gasteiger partial charge in [-0.15, -0.1) is 0 Å². The van der Waals surface area contributed by atoms with Crippen molar-refractivity contribution >= 4 is 16.8 Å². The lowest BCUT2D eigenvalue weighted by molar-refractivity contribution is -0.129. The molecule has 1 saturated heterocycles. The highest BCUT2D eigenvalue weighted by molar-refractivity contribution is 5.83. The molecule has 1 aliphatic heterocycles. The summed E-state index contributed by atoms with van der Waals surface area (Å²) in [6, 6.07) is 4.67. The van der Waals surface area contributed by atoms with E-state index in [1.54, 1.807) is 6.07 Å². The lowest BCUT2D eigenvalue weighted by Crippen LogP contribution is -2.35. The third-order valence-electron chi connectivity index (χ3n) is 3.65. The highest BCUT2D eigenvalue weighted by Gasteiger charge is 2.22. The Morgan fingerprint density at radius 3 is 3.20 bits per heavy atom. The Labute approximate surface area is 116 Å². The molecule has 2 aromatic rings. The van der Waals surface area contributed by atoms with Gasteiger partial charge in [0.2, 0.25) is 5.91 Å². The maximum Gasteiger partial charge on any atom is 0.249 e. The van der Waals surface area contributed by atoms with Gasteiger partial charge >= 0.3 is 0 Å². The molecule has 3 rings (SSSR count). The number of carbonyl (C=O) groups is 1. The summed E-state index contributed by atoms with van der Waals surface area (Å²) in [7, 11) is 0. The number of halogens is 1. The molecule has 1 aliphatic rings. The van der Waals surface area contributed by atoms with E-state index in [0.29, 0.717) is 19.6 Å². The van der Waals surface area contributed by atoms with Crippen LogP contribution in [-0.4, -0.2) is 30.1 Å². The van der Waals surface area contributed by atoms with E-state index in [4.69, 9.17) is 4.74 Å². The van der Waals surface area contributed by atoms with Crippen LogP contribution >= 0.6 is 0 Å². The van der Waals surface area contributed by atoms with E-state index in [0.717, 1.165) is 29.3 Å². The topological polar surface area (TPSA) is 54.1 Å². The van der Waals surface area contributed by atoms with E-state index >= 15 is 0 Å². The van der Waals surface area contributed by atoms with E-state index in [1.165, 1.54) is 12.1 Å². The monoisotopic (exact) mass is 276 g/mol. The second-order valence-electron chi connectivity index (χ2n) is 5.05. The number of aromatic amines is 1. The molecular weight excluding hydrogens is 259 g/mol. The zero-order valence-electron chi connectivity index (χ0n) is 11.1. The lowest BCUT2D eigenvalue weighted by Gasteiger charge is -2.09. The van der Waals surface area contributed by atoms with E-state index in [2.05, 4.69) is 10.3 Å². The molecule has 1 unspecified atom stereocenters. The van der Waals surface area contributed by atoms with E-state index in [-0.39, 0.29) is 17.8 Å². The lowest BCUT2D eigenvalue weighted by atomic mass is 10.1. The summed E-state index contributed by atoms with van der Waals surface area (Å²) in [6.07, 6.45) is 3.98. The molecule has 106 valence electrons. The van der Waals surface area contributed by atoms with Crippen molar-refractivity contribution in [3.8, 4) is 0 Å².